The second-order valence-corrected chi connectivity index (χ2v) is 7.18. The fourth-order valence-electron chi connectivity index (χ4n) is 2.87. The van der Waals surface area contributed by atoms with E-state index < -0.39 is 10.0 Å². The molecule has 1 heterocycles. The van der Waals surface area contributed by atoms with Crippen molar-refractivity contribution in [2.24, 2.45) is 0 Å². The number of benzene rings is 1. The first kappa shape index (κ1) is 16.3. The Bertz CT molecular complexity index is 560. The van der Waals surface area contributed by atoms with E-state index in [2.05, 4.69) is 21.9 Å². The Morgan fingerprint density at radius 3 is 2.76 bits per heavy atom. The van der Waals surface area contributed by atoms with Crippen molar-refractivity contribution >= 4 is 15.7 Å². The van der Waals surface area contributed by atoms with E-state index in [9.17, 15) is 8.42 Å². The SMILES string of the molecule is CCNCC1CCCCN1c1ccccc1S(=O)(=O)NC. The van der Waals surface area contributed by atoms with Crippen LogP contribution in [0.3, 0.4) is 0 Å². The lowest BCUT2D eigenvalue weighted by Gasteiger charge is -2.38. The highest BCUT2D eigenvalue weighted by Gasteiger charge is 2.27. The summed E-state index contributed by atoms with van der Waals surface area (Å²) in [5.74, 6) is 0. The van der Waals surface area contributed by atoms with Crippen molar-refractivity contribution < 1.29 is 8.42 Å². The van der Waals surface area contributed by atoms with Crippen molar-refractivity contribution in [3.05, 3.63) is 24.3 Å². The van der Waals surface area contributed by atoms with E-state index in [-0.39, 0.29) is 0 Å². The average molecular weight is 311 g/mol. The van der Waals surface area contributed by atoms with Gasteiger partial charge in [0.05, 0.1) is 5.69 Å². The smallest absolute Gasteiger partial charge is 0.242 e. The summed E-state index contributed by atoms with van der Waals surface area (Å²) in [7, 11) is -1.98. The maximum Gasteiger partial charge on any atom is 0.242 e. The molecule has 1 saturated heterocycles. The summed E-state index contributed by atoms with van der Waals surface area (Å²) in [6.07, 6.45) is 3.41. The molecule has 2 rings (SSSR count). The first-order chi connectivity index (χ1) is 10.1. The quantitative estimate of drug-likeness (QED) is 0.837. The van der Waals surface area contributed by atoms with Crippen LogP contribution in [0.4, 0.5) is 5.69 Å². The highest BCUT2D eigenvalue weighted by molar-refractivity contribution is 7.89. The third kappa shape index (κ3) is 3.75. The van der Waals surface area contributed by atoms with E-state index in [0.29, 0.717) is 10.9 Å². The zero-order chi connectivity index (χ0) is 15.3. The predicted molar refractivity (Wildman–Crippen MR) is 86.2 cm³/mol. The van der Waals surface area contributed by atoms with Gasteiger partial charge in [0, 0.05) is 19.1 Å². The summed E-state index contributed by atoms with van der Waals surface area (Å²) in [6, 6.07) is 7.63. The van der Waals surface area contributed by atoms with E-state index in [1.807, 2.05) is 12.1 Å². The highest BCUT2D eigenvalue weighted by atomic mass is 32.2. The van der Waals surface area contributed by atoms with Gasteiger partial charge >= 0.3 is 0 Å². The first-order valence-electron chi connectivity index (χ1n) is 7.60. The van der Waals surface area contributed by atoms with Crippen molar-refractivity contribution in [1.29, 1.82) is 0 Å². The molecule has 5 nitrogen and oxygen atoms in total. The zero-order valence-electron chi connectivity index (χ0n) is 12.8. The Kier molecular flexibility index (Phi) is 5.61. The molecule has 1 atom stereocenters. The molecule has 1 aliphatic heterocycles. The Morgan fingerprint density at radius 1 is 1.29 bits per heavy atom. The van der Waals surface area contributed by atoms with Crippen LogP contribution in [0.1, 0.15) is 26.2 Å². The molecule has 0 spiro atoms. The molecule has 6 heteroatoms. The Balaban J connectivity index is 2.35. The monoisotopic (exact) mass is 311 g/mol. The lowest BCUT2D eigenvalue weighted by atomic mass is 10.0. The minimum Gasteiger partial charge on any atom is -0.366 e. The Morgan fingerprint density at radius 2 is 2.05 bits per heavy atom. The van der Waals surface area contributed by atoms with Crippen LogP contribution < -0.4 is 14.9 Å². The van der Waals surface area contributed by atoms with Crippen molar-refractivity contribution in [1.82, 2.24) is 10.0 Å². The van der Waals surface area contributed by atoms with Crippen LogP contribution in [-0.2, 0) is 10.0 Å². The number of sulfonamides is 1. The van der Waals surface area contributed by atoms with Gasteiger partial charge in [0.1, 0.15) is 4.90 Å². The molecular formula is C15H25N3O2S. The summed E-state index contributed by atoms with van der Waals surface area (Å²) in [5, 5.41) is 3.38. The maximum absolute atomic E-state index is 12.2. The van der Waals surface area contributed by atoms with Crippen molar-refractivity contribution in [2.75, 3.05) is 31.6 Å². The lowest BCUT2D eigenvalue weighted by molar-refractivity contribution is 0.437. The Hall–Kier alpha value is -1.11. The van der Waals surface area contributed by atoms with Crippen LogP contribution in [0.2, 0.25) is 0 Å². The number of para-hydroxylation sites is 1. The van der Waals surface area contributed by atoms with E-state index in [1.54, 1.807) is 12.1 Å². The number of likely N-dealkylation sites (N-methyl/N-ethyl adjacent to an activating group) is 1. The lowest BCUT2D eigenvalue weighted by Crippen LogP contribution is -2.46. The molecule has 0 amide bonds. The summed E-state index contributed by atoms with van der Waals surface area (Å²) >= 11 is 0. The molecule has 0 saturated carbocycles. The van der Waals surface area contributed by atoms with E-state index >= 15 is 0 Å². The van der Waals surface area contributed by atoms with Crippen molar-refractivity contribution in [2.45, 2.75) is 37.1 Å². The molecular weight excluding hydrogens is 286 g/mol. The molecule has 1 aromatic carbocycles. The minimum atomic E-state index is -3.43. The van der Waals surface area contributed by atoms with Gasteiger partial charge in [-0.05, 0) is 45.0 Å². The molecule has 2 N–H and O–H groups in total. The molecule has 21 heavy (non-hydrogen) atoms. The van der Waals surface area contributed by atoms with Crippen LogP contribution in [0.25, 0.3) is 0 Å². The van der Waals surface area contributed by atoms with Gasteiger partial charge in [0.15, 0.2) is 0 Å². The van der Waals surface area contributed by atoms with Gasteiger partial charge in [0.25, 0.3) is 0 Å². The van der Waals surface area contributed by atoms with Gasteiger partial charge in [-0.1, -0.05) is 19.1 Å². The van der Waals surface area contributed by atoms with Crippen LogP contribution in [0.15, 0.2) is 29.2 Å². The number of rotatable bonds is 6. The van der Waals surface area contributed by atoms with Gasteiger partial charge in [-0.2, -0.15) is 0 Å². The van der Waals surface area contributed by atoms with E-state index in [4.69, 9.17) is 0 Å². The molecule has 0 aliphatic carbocycles. The third-order valence-corrected chi connectivity index (χ3v) is 5.45. The van der Waals surface area contributed by atoms with Crippen LogP contribution >= 0.6 is 0 Å². The second-order valence-electron chi connectivity index (χ2n) is 5.33. The molecule has 1 fully saturated rings. The molecule has 0 aromatic heterocycles. The summed E-state index contributed by atoms with van der Waals surface area (Å²) in [6.45, 7) is 4.82. The number of anilines is 1. The van der Waals surface area contributed by atoms with Gasteiger partial charge in [-0.25, -0.2) is 13.1 Å². The minimum absolute atomic E-state index is 0.354. The van der Waals surface area contributed by atoms with Gasteiger partial charge < -0.3 is 10.2 Å². The largest absolute Gasteiger partial charge is 0.366 e. The topological polar surface area (TPSA) is 61.4 Å². The number of hydrogen-bond donors (Lipinski definition) is 2. The molecule has 0 radical (unpaired) electrons. The zero-order valence-corrected chi connectivity index (χ0v) is 13.6. The molecule has 1 aromatic rings. The number of nitrogens with zero attached hydrogens (tertiary/aromatic N) is 1. The molecule has 1 aliphatic rings. The molecule has 118 valence electrons. The summed E-state index contributed by atoms with van der Waals surface area (Å²) < 4.78 is 26.9. The number of nitrogens with one attached hydrogen (secondary N) is 2. The van der Waals surface area contributed by atoms with Gasteiger partial charge in [0.2, 0.25) is 10.0 Å². The van der Waals surface area contributed by atoms with Crippen LogP contribution in [0, 0.1) is 0 Å². The molecule has 1 unspecified atom stereocenters. The fourth-order valence-corrected chi connectivity index (χ4v) is 3.81. The van der Waals surface area contributed by atoms with E-state index in [1.165, 1.54) is 13.5 Å². The standard InChI is InChI=1S/C15H25N3O2S/c1-3-17-12-13-8-6-7-11-18(13)14-9-4-5-10-15(14)21(19,20)16-2/h4-5,9-10,13,16-17H,3,6-8,11-12H2,1-2H3. The fraction of sp³-hybridized carbons (Fsp3) is 0.600. The second kappa shape index (κ2) is 7.24. The highest BCUT2D eigenvalue weighted by Crippen LogP contribution is 2.30. The number of piperidine rings is 1. The Labute approximate surface area is 127 Å². The van der Waals surface area contributed by atoms with Crippen molar-refractivity contribution in [3.63, 3.8) is 0 Å². The predicted octanol–water partition coefficient (Wildman–Crippen LogP) is 1.56. The molecule has 0 bridgehead atoms. The van der Waals surface area contributed by atoms with E-state index in [0.717, 1.165) is 38.2 Å². The normalized spacial score (nSPS) is 19.7. The maximum atomic E-state index is 12.2. The summed E-state index contributed by atoms with van der Waals surface area (Å²) in [4.78, 5) is 2.62. The number of hydrogen-bond acceptors (Lipinski definition) is 4. The summed E-state index contributed by atoms with van der Waals surface area (Å²) in [5.41, 5.74) is 0.814. The van der Waals surface area contributed by atoms with Gasteiger partial charge in [-0.3, -0.25) is 0 Å². The van der Waals surface area contributed by atoms with Crippen LogP contribution in [-0.4, -0.2) is 41.1 Å². The third-order valence-electron chi connectivity index (χ3n) is 3.99. The first-order valence-corrected chi connectivity index (χ1v) is 9.08. The van der Waals surface area contributed by atoms with Gasteiger partial charge in [-0.15, -0.1) is 0 Å². The van der Waals surface area contributed by atoms with Crippen LogP contribution in [0.5, 0.6) is 0 Å². The average Bonchev–Trinajstić information content (AvgIpc) is 2.53. The van der Waals surface area contributed by atoms with Crippen molar-refractivity contribution in [3.8, 4) is 0 Å².